The lowest BCUT2D eigenvalue weighted by molar-refractivity contribution is -0.385. The van der Waals surface area contributed by atoms with E-state index in [0.29, 0.717) is 12.8 Å². The zero-order valence-electron chi connectivity index (χ0n) is 25.3. The highest BCUT2D eigenvalue weighted by Crippen LogP contribution is 2.49. The van der Waals surface area contributed by atoms with E-state index in [-0.39, 0.29) is 60.4 Å². The van der Waals surface area contributed by atoms with Crippen molar-refractivity contribution in [1.29, 1.82) is 5.26 Å². The molecular formula is C30H37ClN6O6. The fourth-order valence-corrected chi connectivity index (χ4v) is 6.30. The Hall–Kier alpha value is -3.98. The van der Waals surface area contributed by atoms with Gasteiger partial charge < -0.3 is 19.3 Å². The summed E-state index contributed by atoms with van der Waals surface area (Å²) in [5, 5.41) is 21.9. The van der Waals surface area contributed by atoms with Crippen LogP contribution in [0.1, 0.15) is 70.7 Å². The number of ether oxygens (including phenoxy) is 2. The predicted molar refractivity (Wildman–Crippen MR) is 159 cm³/mol. The van der Waals surface area contributed by atoms with E-state index < -0.39 is 34.0 Å². The van der Waals surface area contributed by atoms with E-state index in [2.05, 4.69) is 29.9 Å². The van der Waals surface area contributed by atoms with Crippen LogP contribution in [0.4, 0.5) is 16.3 Å². The smallest absolute Gasteiger partial charge is 0.410 e. The number of carbonyl (C=O) groups excluding carboxylic acids is 2. The van der Waals surface area contributed by atoms with Crippen molar-refractivity contribution >= 4 is 35.2 Å². The van der Waals surface area contributed by atoms with Gasteiger partial charge in [0.15, 0.2) is 0 Å². The SMILES string of the molecule is COC(=O)C1(Cc2nc(Cl)nc(N3CCN(C(=O)OC(C)(C)C)[C@@H](CC#N)C3)c2[N+](=O)[O-])CCC(C)(C)c2ccccc21. The van der Waals surface area contributed by atoms with E-state index >= 15 is 0 Å². The molecule has 2 heterocycles. The Morgan fingerprint density at radius 1 is 1.19 bits per heavy atom. The van der Waals surface area contributed by atoms with E-state index in [9.17, 15) is 25.0 Å². The molecule has 1 saturated heterocycles. The van der Waals surface area contributed by atoms with Crippen molar-refractivity contribution in [3.8, 4) is 6.07 Å². The predicted octanol–water partition coefficient (Wildman–Crippen LogP) is 5.10. The van der Waals surface area contributed by atoms with Gasteiger partial charge in [0.1, 0.15) is 11.3 Å². The third-order valence-electron chi connectivity index (χ3n) is 8.22. The van der Waals surface area contributed by atoms with Crippen LogP contribution in [0.25, 0.3) is 0 Å². The number of piperazine rings is 1. The number of halogens is 1. The van der Waals surface area contributed by atoms with Gasteiger partial charge in [0, 0.05) is 26.1 Å². The van der Waals surface area contributed by atoms with Gasteiger partial charge >= 0.3 is 17.7 Å². The number of hydrogen-bond acceptors (Lipinski definition) is 10. The minimum absolute atomic E-state index is 0.00585. The summed E-state index contributed by atoms with van der Waals surface area (Å²) in [6.07, 6.45) is 0.310. The number of amides is 1. The number of hydrogen-bond donors (Lipinski definition) is 0. The van der Waals surface area contributed by atoms with Crippen LogP contribution in [0.15, 0.2) is 24.3 Å². The number of nitriles is 1. The molecule has 0 saturated carbocycles. The maximum Gasteiger partial charge on any atom is 0.410 e. The first-order valence-corrected chi connectivity index (χ1v) is 14.5. The van der Waals surface area contributed by atoms with Crippen LogP contribution >= 0.6 is 11.6 Å². The Morgan fingerprint density at radius 3 is 2.47 bits per heavy atom. The molecule has 0 radical (unpaired) electrons. The van der Waals surface area contributed by atoms with Crippen LogP contribution in [0.3, 0.4) is 0 Å². The first kappa shape index (κ1) is 31.9. The Labute approximate surface area is 256 Å². The monoisotopic (exact) mass is 612 g/mol. The lowest BCUT2D eigenvalue weighted by Gasteiger charge is -2.43. The highest BCUT2D eigenvalue weighted by atomic mass is 35.5. The zero-order chi connectivity index (χ0) is 31.7. The van der Waals surface area contributed by atoms with Gasteiger partial charge in [0.25, 0.3) is 0 Å². The number of carbonyl (C=O) groups is 2. The number of esters is 1. The number of methoxy groups -OCH3 is 1. The Balaban J connectivity index is 1.78. The molecule has 2 aromatic rings. The van der Waals surface area contributed by atoms with Crippen LogP contribution in [-0.4, -0.2) is 70.2 Å². The maximum absolute atomic E-state index is 13.6. The normalized spacial score (nSPS) is 21.4. The van der Waals surface area contributed by atoms with Crippen LogP contribution in [0, 0.1) is 21.4 Å². The third kappa shape index (κ3) is 6.37. The summed E-state index contributed by atoms with van der Waals surface area (Å²) < 4.78 is 10.8. The molecule has 4 rings (SSSR count). The Morgan fingerprint density at radius 2 is 1.86 bits per heavy atom. The van der Waals surface area contributed by atoms with Crippen molar-refractivity contribution < 1.29 is 24.0 Å². The molecule has 13 heteroatoms. The molecule has 12 nitrogen and oxygen atoms in total. The van der Waals surface area contributed by atoms with Gasteiger partial charge in [0.05, 0.1) is 36.0 Å². The van der Waals surface area contributed by atoms with Gasteiger partial charge in [-0.3, -0.25) is 14.9 Å². The summed E-state index contributed by atoms with van der Waals surface area (Å²) in [5.74, 6) is -0.544. The summed E-state index contributed by atoms with van der Waals surface area (Å²) in [7, 11) is 1.30. The molecule has 2 atom stereocenters. The molecule has 1 aromatic heterocycles. The highest BCUT2D eigenvalue weighted by molar-refractivity contribution is 6.28. The van der Waals surface area contributed by atoms with Crippen molar-refractivity contribution in [1.82, 2.24) is 14.9 Å². The van der Waals surface area contributed by atoms with Gasteiger partial charge in [-0.05, 0) is 61.8 Å². The molecule has 1 amide bonds. The standard InChI is InChI=1S/C30H37ClN6O6/c1-28(2,3)43-27(39)36-16-15-35(18-19(36)11-14-32)24-23(37(40)41)22(33-26(31)34-24)17-30(25(38)42-6)13-12-29(4,5)20-9-7-8-10-21(20)30/h7-10,19H,11-13,15-18H2,1-6H3/t19-,30?/m0/s1. The van der Waals surface area contributed by atoms with Crippen molar-refractivity contribution in [3.63, 3.8) is 0 Å². The minimum Gasteiger partial charge on any atom is -0.468 e. The summed E-state index contributed by atoms with van der Waals surface area (Å²) in [5.41, 5.74) is -0.863. The second-order valence-corrected chi connectivity index (χ2v) is 13.0. The van der Waals surface area contributed by atoms with E-state index in [0.717, 1.165) is 11.1 Å². The number of rotatable bonds is 6. The fraction of sp³-hybridized carbons (Fsp3) is 0.567. The molecule has 1 unspecified atom stereocenters. The molecule has 230 valence electrons. The largest absolute Gasteiger partial charge is 0.468 e. The first-order valence-electron chi connectivity index (χ1n) is 14.1. The zero-order valence-corrected chi connectivity index (χ0v) is 26.1. The molecule has 0 bridgehead atoms. The van der Waals surface area contributed by atoms with Gasteiger partial charge in [-0.2, -0.15) is 10.2 Å². The number of nitrogens with zero attached hydrogens (tertiary/aromatic N) is 6. The first-order chi connectivity index (χ1) is 20.1. The third-order valence-corrected chi connectivity index (χ3v) is 8.39. The summed E-state index contributed by atoms with van der Waals surface area (Å²) in [6.45, 7) is 9.86. The number of benzene rings is 1. The van der Waals surface area contributed by atoms with Gasteiger partial charge in [0.2, 0.25) is 11.1 Å². The van der Waals surface area contributed by atoms with Gasteiger partial charge in [-0.15, -0.1) is 0 Å². The quantitative estimate of drug-likeness (QED) is 0.186. The average molecular weight is 613 g/mol. The number of nitro groups is 1. The average Bonchev–Trinajstić information content (AvgIpc) is 2.93. The molecular weight excluding hydrogens is 576 g/mol. The van der Waals surface area contributed by atoms with Crippen LogP contribution in [0.5, 0.6) is 0 Å². The molecule has 0 N–H and O–H groups in total. The summed E-state index contributed by atoms with van der Waals surface area (Å²) in [6, 6.07) is 9.06. The molecule has 43 heavy (non-hydrogen) atoms. The Kier molecular flexibility index (Phi) is 8.88. The number of fused-ring (bicyclic) bond motifs is 1. The van der Waals surface area contributed by atoms with E-state index in [1.54, 1.807) is 25.7 Å². The Bertz CT molecular complexity index is 1470. The van der Waals surface area contributed by atoms with E-state index in [4.69, 9.17) is 21.1 Å². The maximum atomic E-state index is 13.6. The minimum atomic E-state index is -1.24. The van der Waals surface area contributed by atoms with Crippen LogP contribution < -0.4 is 4.90 Å². The van der Waals surface area contributed by atoms with Crippen LogP contribution in [0.2, 0.25) is 5.28 Å². The van der Waals surface area contributed by atoms with E-state index in [1.807, 2.05) is 24.3 Å². The second-order valence-electron chi connectivity index (χ2n) is 12.7. The molecule has 1 aliphatic carbocycles. The summed E-state index contributed by atoms with van der Waals surface area (Å²) >= 11 is 6.39. The molecule has 1 fully saturated rings. The van der Waals surface area contributed by atoms with Gasteiger partial charge in [-0.1, -0.05) is 38.1 Å². The number of aromatic nitrogens is 2. The van der Waals surface area contributed by atoms with Crippen molar-refractivity contribution in [3.05, 3.63) is 56.5 Å². The van der Waals surface area contributed by atoms with E-state index in [1.165, 1.54) is 12.0 Å². The van der Waals surface area contributed by atoms with Crippen molar-refractivity contribution in [2.45, 2.75) is 82.8 Å². The van der Waals surface area contributed by atoms with Gasteiger partial charge in [-0.25, -0.2) is 9.78 Å². The second kappa shape index (κ2) is 12.0. The van der Waals surface area contributed by atoms with Crippen molar-refractivity contribution in [2.75, 3.05) is 31.6 Å². The van der Waals surface area contributed by atoms with Crippen molar-refractivity contribution in [2.24, 2.45) is 0 Å². The highest BCUT2D eigenvalue weighted by Gasteiger charge is 2.50. The molecule has 0 spiro atoms. The summed E-state index contributed by atoms with van der Waals surface area (Å²) in [4.78, 5) is 50.2. The lowest BCUT2D eigenvalue weighted by Crippen LogP contribution is -2.56. The molecule has 2 aliphatic rings. The topological polar surface area (TPSA) is 152 Å². The lowest BCUT2D eigenvalue weighted by atomic mass is 9.60. The fourth-order valence-electron chi connectivity index (χ4n) is 6.11. The van der Waals surface area contributed by atoms with Crippen LogP contribution in [-0.2, 0) is 31.5 Å². The molecule has 1 aliphatic heterocycles. The molecule has 1 aromatic carbocycles. The number of anilines is 1.